The van der Waals surface area contributed by atoms with E-state index in [0.717, 1.165) is 29.5 Å². The van der Waals surface area contributed by atoms with E-state index in [4.69, 9.17) is 0 Å². The number of aromatic nitrogens is 2. The zero-order valence-corrected chi connectivity index (χ0v) is 14.3. The van der Waals surface area contributed by atoms with E-state index in [0.29, 0.717) is 17.9 Å². The van der Waals surface area contributed by atoms with Crippen LogP contribution in [0.2, 0.25) is 0 Å². The summed E-state index contributed by atoms with van der Waals surface area (Å²) in [5, 5.41) is 9.31. The monoisotopic (exact) mass is 340 g/mol. The van der Waals surface area contributed by atoms with Crippen molar-refractivity contribution in [3.05, 3.63) is 62.3 Å². The Morgan fingerprint density at radius 1 is 1.32 bits per heavy atom. The molecule has 3 N–H and O–H groups in total. The van der Waals surface area contributed by atoms with Crippen molar-refractivity contribution in [3.8, 4) is 6.07 Å². The summed E-state index contributed by atoms with van der Waals surface area (Å²) in [7, 11) is 1.47. The molecule has 0 bridgehead atoms. The van der Waals surface area contributed by atoms with Crippen molar-refractivity contribution in [2.75, 3.05) is 18.0 Å². The van der Waals surface area contributed by atoms with Gasteiger partial charge in [0.05, 0.1) is 24.7 Å². The van der Waals surface area contributed by atoms with Gasteiger partial charge in [-0.05, 0) is 18.1 Å². The van der Waals surface area contributed by atoms with Crippen LogP contribution in [0.4, 0.5) is 5.82 Å². The van der Waals surface area contributed by atoms with Crippen LogP contribution in [-0.4, -0.2) is 28.3 Å². The fraction of sp³-hybridized carbons (Fsp3) is 0.389. The molecular formula is C18H22N5O2+. The molecule has 1 aliphatic heterocycles. The van der Waals surface area contributed by atoms with Gasteiger partial charge in [-0.15, -0.1) is 0 Å². The van der Waals surface area contributed by atoms with Gasteiger partial charge >= 0.3 is 5.69 Å². The van der Waals surface area contributed by atoms with Gasteiger partial charge in [0.1, 0.15) is 11.9 Å². The van der Waals surface area contributed by atoms with E-state index in [2.05, 4.69) is 16.7 Å². The fourth-order valence-corrected chi connectivity index (χ4v) is 3.28. The van der Waals surface area contributed by atoms with Crippen molar-refractivity contribution in [3.63, 3.8) is 0 Å². The lowest BCUT2D eigenvalue weighted by molar-refractivity contribution is -0.419. The van der Waals surface area contributed by atoms with Crippen molar-refractivity contribution in [2.45, 2.75) is 25.4 Å². The molecule has 1 aromatic carbocycles. The molecular weight excluding hydrogens is 318 g/mol. The highest BCUT2D eigenvalue weighted by molar-refractivity contribution is 5.42. The van der Waals surface area contributed by atoms with E-state index in [9.17, 15) is 14.9 Å². The first-order valence-electron chi connectivity index (χ1n) is 8.38. The lowest BCUT2D eigenvalue weighted by Gasteiger charge is -2.32. The number of benzene rings is 1. The number of rotatable bonds is 3. The van der Waals surface area contributed by atoms with Crippen LogP contribution < -0.4 is 21.9 Å². The van der Waals surface area contributed by atoms with Crippen LogP contribution in [0.1, 0.15) is 24.0 Å². The normalized spacial score (nSPS) is 17.3. The Kier molecular flexibility index (Phi) is 4.72. The summed E-state index contributed by atoms with van der Waals surface area (Å²) >= 11 is 0. The van der Waals surface area contributed by atoms with E-state index < -0.39 is 0 Å². The quantitative estimate of drug-likeness (QED) is 0.828. The summed E-state index contributed by atoms with van der Waals surface area (Å²) in [4.78, 5) is 27.0. The summed E-state index contributed by atoms with van der Waals surface area (Å²) in [5.41, 5.74) is 4.71. The highest BCUT2D eigenvalue weighted by Gasteiger charge is 2.23. The highest BCUT2D eigenvalue weighted by Crippen LogP contribution is 2.18. The number of hydrogen-bond donors (Lipinski definition) is 1. The van der Waals surface area contributed by atoms with E-state index in [1.807, 2.05) is 12.1 Å². The molecule has 7 nitrogen and oxygen atoms in total. The van der Waals surface area contributed by atoms with Crippen molar-refractivity contribution < 1.29 is 5.73 Å². The van der Waals surface area contributed by atoms with Gasteiger partial charge in [-0.2, -0.15) is 5.26 Å². The molecule has 7 heteroatoms. The number of anilines is 1. The van der Waals surface area contributed by atoms with E-state index in [1.54, 1.807) is 16.7 Å². The average molecular weight is 340 g/mol. The Morgan fingerprint density at radius 3 is 2.80 bits per heavy atom. The Labute approximate surface area is 145 Å². The summed E-state index contributed by atoms with van der Waals surface area (Å²) in [5.74, 6) is 0.606. The van der Waals surface area contributed by atoms with Gasteiger partial charge in [0.15, 0.2) is 0 Å². The van der Waals surface area contributed by atoms with Crippen LogP contribution in [0.5, 0.6) is 0 Å². The molecule has 0 radical (unpaired) electrons. The number of nitriles is 1. The highest BCUT2D eigenvalue weighted by atomic mass is 16.2. The molecule has 0 aliphatic carbocycles. The van der Waals surface area contributed by atoms with Gasteiger partial charge in [0, 0.05) is 26.1 Å². The Bertz CT molecular complexity index is 938. The predicted octanol–water partition coefficient (Wildman–Crippen LogP) is -0.322. The number of piperidine rings is 1. The second-order valence-electron chi connectivity index (χ2n) is 6.49. The van der Waals surface area contributed by atoms with Crippen LogP contribution in [0.25, 0.3) is 0 Å². The largest absolute Gasteiger partial charge is 0.354 e. The minimum Gasteiger partial charge on any atom is -0.354 e. The maximum absolute atomic E-state index is 12.7. The first-order valence-corrected chi connectivity index (χ1v) is 8.38. The molecule has 1 fully saturated rings. The van der Waals surface area contributed by atoms with Crippen molar-refractivity contribution in [2.24, 2.45) is 7.05 Å². The van der Waals surface area contributed by atoms with Crippen LogP contribution in [0.3, 0.4) is 0 Å². The maximum atomic E-state index is 12.7. The summed E-state index contributed by atoms with van der Waals surface area (Å²) in [6.45, 7) is 1.76. The molecule has 1 saturated heterocycles. The Morgan fingerprint density at radius 2 is 2.08 bits per heavy atom. The number of hydrogen-bond acceptors (Lipinski definition) is 4. The van der Waals surface area contributed by atoms with E-state index in [-0.39, 0.29) is 23.8 Å². The number of quaternary nitrogens is 1. The van der Waals surface area contributed by atoms with E-state index in [1.165, 1.54) is 13.1 Å². The molecule has 2 heterocycles. The van der Waals surface area contributed by atoms with Crippen LogP contribution in [0.15, 0.2) is 39.9 Å². The second-order valence-corrected chi connectivity index (χ2v) is 6.49. The number of nitrogens with zero attached hydrogens (tertiary/aromatic N) is 4. The van der Waals surface area contributed by atoms with Crippen LogP contribution in [-0.2, 0) is 13.6 Å². The topological polar surface area (TPSA) is 98.7 Å². The molecule has 1 unspecified atom stereocenters. The predicted molar refractivity (Wildman–Crippen MR) is 94.3 cm³/mol. The summed E-state index contributed by atoms with van der Waals surface area (Å²) in [6.07, 6.45) is 2.02. The van der Waals surface area contributed by atoms with E-state index >= 15 is 0 Å². The lowest BCUT2D eigenvalue weighted by atomic mass is 10.1. The lowest BCUT2D eigenvalue weighted by Crippen LogP contribution is -2.67. The standard InChI is InChI=1S/C18H21N5O2/c1-21-17(24)9-16(22-8-4-7-15(20)12-22)23(18(21)25)11-14-6-3-2-5-13(14)10-19/h2-3,5-6,9,15H,4,7-8,11-12,20H2,1H3/p+1. The molecule has 1 atom stereocenters. The third-order valence-electron chi connectivity index (χ3n) is 4.69. The Balaban J connectivity index is 2.11. The molecule has 0 saturated carbocycles. The minimum atomic E-state index is -0.374. The molecule has 1 aromatic heterocycles. The first-order chi connectivity index (χ1) is 12.0. The SMILES string of the molecule is Cn1c(=O)cc(N2CCCC([NH3+])C2)n(Cc2ccccc2C#N)c1=O. The maximum Gasteiger partial charge on any atom is 0.332 e. The Hall–Kier alpha value is -2.85. The van der Waals surface area contributed by atoms with Gasteiger partial charge in [-0.3, -0.25) is 13.9 Å². The molecule has 3 rings (SSSR count). The first kappa shape index (κ1) is 17.0. The molecule has 2 aromatic rings. The zero-order chi connectivity index (χ0) is 18.0. The van der Waals surface area contributed by atoms with Crippen LogP contribution >= 0.6 is 0 Å². The third-order valence-corrected chi connectivity index (χ3v) is 4.69. The van der Waals surface area contributed by atoms with Gasteiger partial charge < -0.3 is 10.6 Å². The zero-order valence-electron chi connectivity index (χ0n) is 14.3. The van der Waals surface area contributed by atoms with Crippen molar-refractivity contribution in [1.29, 1.82) is 5.26 Å². The molecule has 130 valence electrons. The average Bonchev–Trinajstić information content (AvgIpc) is 2.62. The molecule has 0 spiro atoms. The van der Waals surface area contributed by atoms with Crippen molar-refractivity contribution in [1.82, 2.24) is 9.13 Å². The molecule has 25 heavy (non-hydrogen) atoms. The fourth-order valence-electron chi connectivity index (χ4n) is 3.28. The van der Waals surface area contributed by atoms with Crippen LogP contribution in [0, 0.1) is 11.3 Å². The summed E-state index contributed by atoms with van der Waals surface area (Å²) < 4.78 is 2.68. The third kappa shape index (κ3) is 3.35. The van der Waals surface area contributed by atoms with Gasteiger partial charge in [-0.25, -0.2) is 4.79 Å². The van der Waals surface area contributed by atoms with Gasteiger partial charge in [-0.1, -0.05) is 18.2 Å². The molecule has 0 amide bonds. The van der Waals surface area contributed by atoms with Gasteiger partial charge in [0.25, 0.3) is 5.56 Å². The molecule has 1 aliphatic rings. The van der Waals surface area contributed by atoms with Gasteiger partial charge in [0.2, 0.25) is 0 Å². The second kappa shape index (κ2) is 6.95. The van der Waals surface area contributed by atoms with Crippen molar-refractivity contribution >= 4 is 5.82 Å². The minimum absolute atomic E-state index is 0.254. The smallest absolute Gasteiger partial charge is 0.332 e. The summed E-state index contributed by atoms with van der Waals surface area (Å²) in [6, 6.07) is 11.1.